The first-order valence-corrected chi connectivity index (χ1v) is 22.8. The number of amides is 1. The van der Waals surface area contributed by atoms with E-state index in [1.165, 1.54) is 51.4 Å². The summed E-state index contributed by atoms with van der Waals surface area (Å²) < 4.78 is 47.3. The largest absolute Gasteiger partial charge is 0.472 e. The molecule has 0 aromatic heterocycles. The predicted molar refractivity (Wildman–Crippen MR) is 229 cm³/mol. The van der Waals surface area contributed by atoms with Crippen molar-refractivity contribution in [3.05, 3.63) is 0 Å². The number of carbonyl (C=O) groups excluding carboxylic acids is 2. The van der Waals surface area contributed by atoms with Gasteiger partial charge in [-0.15, -0.1) is 0 Å². The molecule has 8 atom stereocenters. The Kier molecular flexibility index (Phi) is 32.2. The van der Waals surface area contributed by atoms with E-state index in [0.29, 0.717) is 12.8 Å². The molecule has 0 aliphatic heterocycles. The minimum absolute atomic E-state index is 0. The highest BCUT2D eigenvalue weighted by Gasteiger charge is 2.54. The zero-order valence-electron chi connectivity index (χ0n) is 34.1. The van der Waals surface area contributed by atoms with E-state index in [4.69, 9.17) is 33.4 Å². The molecule has 1 aliphatic rings. The van der Waals surface area contributed by atoms with E-state index in [9.17, 15) is 44.0 Å². The topological polar surface area (TPSA) is 288 Å². The Balaban J connectivity index is -0.000000220. The van der Waals surface area contributed by atoms with Gasteiger partial charge in [0.05, 0.1) is 13.2 Å². The van der Waals surface area contributed by atoms with Gasteiger partial charge < -0.3 is 49.7 Å². The van der Waals surface area contributed by atoms with Crippen LogP contribution in [0.2, 0.25) is 0 Å². The summed E-state index contributed by atoms with van der Waals surface area (Å²) in [5.41, 5.74) is 0. The Morgan fingerprint density at radius 1 is 0.661 bits per heavy atom. The van der Waals surface area contributed by atoms with Gasteiger partial charge >= 0.3 is 21.6 Å². The molecule has 350 valence electrons. The van der Waals surface area contributed by atoms with Crippen LogP contribution in [0.3, 0.4) is 0 Å². The van der Waals surface area contributed by atoms with Crippen LogP contribution < -0.4 is 5.32 Å². The highest BCUT2D eigenvalue weighted by Crippen LogP contribution is 2.48. The molecule has 0 radical (unpaired) electrons. The number of aliphatic hydroxyl groups excluding tert-OH is 5. The molecule has 0 saturated heterocycles. The molecule has 1 fully saturated rings. The number of hydrogen-bond donors (Lipinski definition) is 9. The molecular weight excluding hydrogens is 816 g/mol. The molecule has 59 heavy (non-hydrogen) atoms. The van der Waals surface area contributed by atoms with Crippen LogP contribution in [0, 0.1) is 47.5 Å². The van der Waals surface area contributed by atoms with E-state index in [1.807, 2.05) is 6.92 Å². The third kappa shape index (κ3) is 29.1. The van der Waals surface area contributed by atoms with Crippen LogP contribution in [0.25, 0.3) is 0 Å². The van der Waals surface area contributed by atoms with E-state index in [-0.39, 0.29) is 22.3 Å². The second-order valence-electron chi connectivity index (χ2n) is 13.4. The number of aliphatic hydroxyl groups is 5. The van der Waals surface area contributed by atoms with Crippen molar-refractivity contribution in [2.45, 2.75) is 166 Å². The van der Waals surface area contributed by atoms with Crippen LogP contribution in [-0.2, 0) is 41.8 Å². The van der Waals surface area contributed by atoms with Crippen LogP contribution in [0.4, 0.5) is 0 Å². The zero-order chi connectivity index (χ0) is 44.5. The second-order valence-corrected chi connectivity index (χ2v) is 16.0. The second kappa shape index (κ2) is 33.8. The van der Waals surface area contributed by atoms with Gasteiger partial charge in [0, 0.05) is 46.6 Å². The van der Waals surface area contributed by atoms with Gasteiger partial charge in [0.25, 0.3) is 0 Å². The number of phosphoric acid groups is 2. The maximum absolute atomic E-state index is 12.5. The highest BCUT2D eigenvalue weighted by atomic mass is 31.2. The monoisotopic (exact) mass is 893 g/mol. The summed E-state index contributed by atoms with van der Waals surface area (Å²) >= 11 is 0. The lowest BCUT2D eigenvalue weighted by Crippen LogP contribution is -2.64. The Morgan fingerprint density at radius 3 is 1.61 bits per heavy atom. The fraction of sp³-hybridized carbons (Fsp3) is 0.744. The number of unbranched alkanes of at least 4 members (excludes halogenated alkanes) is 12. The normalized spacial score (nSPS) is 21.1. The molecule has 0 aromatic rings. The van der Waals surface area contributed by atoms with Gasteiger partial charge in [-0.3, -0.25) is 28.5 Å². The lowest BCUT2D eigenvalue weighted by atomic mass is 9.85. The van der Waals surface area contributed by atoms with Crippen molar-refractivity contribution in [1.82, 2.24) is 5.32 Å². The van der Waals surface area contributed by atoms with E-state index in [0.717, 1.165) is 32.1 Å². The Bertz CT molecular complexity index is 1560. The number of phosphoric ester groups is 2. The maximum Gasteiger partial charge on any atom is 0.472 e. The van der Waals surface area contributed by atoms with Gasteiger partial charge in [0.15, 0.2) is 0 Å². The molecule has 1 saturated carbocycles. The van der Waals surface area contributed by atoms with E-state index < -0.39 is 84.3 Å². The Morgan fingerprint density at radius 2 is 1.14 bits per heavy atom. The lowest BCUT2D eigenvalue weighted by molar-refractivity contribution is -0.216. The molecule has 5 unspecified atom stereocenters. The van der Waals surface area contributed by atoms with E-state index >= 15 is 0 Å². The Hall–Kier alpha value is -2.84. The molecule has 1 amide bonds. The van der Waals surface area contributed by atoms with Crippen LogP contribution >= 0.6 is 15.6 Å². The van der Waals surface area contributed by atoms with Gasteiger partial charge in [0.1, 0.15) is 49.5 Å². The van der Waals surface area contributed by atoms with Crippen molar-refractivity contribution in [3.63, 3.8) is 0 Å². The van der Waals surface area contributed by atoms with Crippen molar-refractivity contribution in [2.24, 2.45) is 0 Å². The molecule has 0 spiro atoms. The molecule has 1 rings (SSSR count). The number of hydrogen-bond acceptors (Lipinski definition) is 14. The molecule has 1 aliphatic carbocycles. The van der Waals surface area contributed by atoms with Crippen molar-refractivity contribution < 1.29 is 92.0 Å². The zero-order valence-corrected chi connectivity index (χ0v) is 35.9. The van der Waals surface area contributed by atoms with E-state index in [2.05, 4.69) is 64.3 Å². The molecule has 0 aromatic carbocycles. The first kappa shape index (κ1) is 56.2. The number of carbonyl (C=O) groups is 2. The van der Waals surface area contributed by atoms with Gasteiger partial charge in [-0.05, 0) is 37.5 Å². The smallest absolute Gasteiger partial charge is 0.457 e. The Labute approximate surface area is 358 Å². The minimum Gasteiger partial charge on any atom is -0.457 e. The van der Waals surface area contributed by atoms with Gasteiger partial charge in [0.2, 0.25) is 5.91 Å². The predicted octanol–water partition coefficient (Wildman–Crippen LogP) is 4.40. The quantitative estimate of drug-likeness (QED) is 0.0138. The van der Waals surface area contributed by atoms with Gasteiger partial charge in [-0.2, -0.15) is 0 Å². The first-order chi connectivity index (χ1) is 28.0. The molecule has 18 nitrogen and oxygen atoms in total. The summed E-state index contributed by atoms with van der Waals surface area (Å²) in [4.78, 5) is 51.2. The van der Waals surface area contributed by atoms with Crippen LogP contribution in [0.1, 0.15) is 133 Å². The summed E-state index contributed by atoms with van der Waals surface area (Å²) in [5, 5.41) is 51.9. The number of rotatable bonds is 27. The number of esters is 1. The minimum atomic E-state index is -5.27. The third-order valence-electron chi connectivity index (χ3n) is 8.34. The van der Waals surface area contributed by atoms with Gasteiger partial charge in [-0.25, -0.2) is 9.13 Å². The van der Waals surface area contributed by atoms with Crippen molar-refractivity contribution in [1.29, 1.82) is 0 Å². The standard InChI is InChI=1S/C26H52O16P2.C13H11NO.7H2/c1-2-3-4-5-6-7-8-9-10-11-12-13-14-15-20(28)40-19(16-38-18-27)17-39-44(36,37)42-26-23(31)21(29)25(22(30)24(26)32)41-43(33,34)35;1-3-5-6-7-8-9-10-12-14-13(15)11-4-2;;;;;;;/h19,21-27,29-32H,2-18H2,1H3,(H,36,37)(H2,33,34,35);4,11H2,1-2H3,(H,14,15);7*1H/t19-,21+,22?,23?,24+,25?,26?;;;;;;;;/m1......../s1. The van der Waals surface area contributed by atoms with Crippen molar-refractivity contribution >= 4 is 27.5 Å². The third-order valence-corrected chi connectivity index (χ3v) is 9.84. The molecule has 20 heteroatoms. The average Bonchev–Trinajstić information content (AvgIpc) is 3.18. The lowest BCUT2D eigenvalue weighted by Gasteiger charge is -2.43. The summed E-state index contributed by atoms with van der Waals surface area (Å²) in [7, 11) is -10.4. The maximum atomic E-state index is 12.5. The first-order valence-electron chi connectivity index (χ1n) is 19.7. The SMILES string of the molecule is CC#CC#CC#CC#CNC(=O)CCC.CCCCCCCCCCCCCCCC(=O)O[C@H](COCO)COP(=O)(O)OC1C(O)[C@H](O)C(OP(=O)(O)O)C(O)[C@@H]1O.[HH].[HH].[HH].[HH].[HH].[HH].[HH]. The fourth-order valence-corrected chi connectivity index (χ4v) is 6.93. The van der Waals surface area contributed by atoms with Crippen molar-refractivity contribution in [3.8, 4) is 47.5 Å². The molecule has 0 bridgehead atoms. The van der Waals surface area contributed by atoms with Crippen LogP contribution in [-0.4, -0.2) is 115 Å². The van der Waals surface area contributed by atoms with Crippen molar-refractivity contribution in [2.75, 3.05) is 20.0 Å². The number of nitrogens with one attached hydrogen (secondary N) is 1. The van der Waals surface area contributed by atoms with E-state index in [1.54, 1.807) is 6.92 Å². The summed E-state index contributed by atoms with van der Waals surface area (Å²) in [6, 6.07) is 2.43. The van der Waals surface area contributed by atoms with Crippen LogP contribution in [0.5, 0.6) is 0 Å². The summed E-state index contributed by atoms with van der Waals surface area (Å²) in [6.07, 6.45) is 1.59. The summed E-state index contributed by atoms with van der Waals surface area (Å²) in [5.74, 6) is 16.9. The van der Waals surface area contributed by atoms with Crippen LogP contribution in [0.15, 0.2) is 0 Å². The molecule has 0 heterocycles. The fourth-order valence-electron chi connectivity index (χ4n) is 5.39. The average molecular weight is 894 g/mol. The summed E-state index contributed by atoms with van der Waals surface area (Å²) in [6.45, 7) is 3.91. The number of ether oxygens (including phenoxy) is 2. The molecular formula is C39H77NO17P2. The highest BCUT2D eigenvalue weighted by molar-refractivity contribution is 7.47. The molecule has 9 N–H and O–H groups in total. The van der Waals surface area contributed by atoms with Gasteiger partial charge in [-0.1, -0.05) is 96.8 Å².